The first-order valence-electron chi connectivity index (χ1n) is 16.7. The van der Waals surface area contributed by atoms with Crippen molar-refractivity contribution in [1.29, 1.82) is 0 Å². The Morgan fingerprint density at radius 2 is 1.08 bits per heavy atom. The molecule has 0 unspecified atom stereocenters. The third kappa shape index (κ3) is 8.41. The van der Waals surface area contributed by atoms with E-state index in [1.165, 1.54) is 89.9 Å². The molecule has 0 spiro atoms. The van der Waals surface area contributed by atoms with Crippen molar-refractivity contribution in [2.45, 2.75) is 142 Å². The van der Waals surface area contributed by atoms with E-state index in [-0.39, 0.29) is 0 Å². The van der Waals surface area contributed by atoms with Gasteiger partial charge in [0.15, 0.2) is 11.6 Å². The van der Waals surface area contributed by atoms with Crippen LogP contribution in [0.3, 0.4) is 0 Å². The summed E-state index contributed by atoms with van der Waals surface area (Å²) in [5.74, 6) is 4.41. The first-order valence-corrected chi connectivity index (χ1v) is 16.7. The topological polar surface area (TPSA) is 0 Å². The van der Waals surface area contributed by atoms with Crippen LogP contribution in [0, 0.1) is 47.1 Å². The Morgan fingerprint density at radius 3 is 1.55 bits per heavy atom. The molecule has 4 rings (SSSR count). The van der Waals surface area contributed by atoms with Gasteiger partial charge in [-0.1, -0.05) is 69.7 Å². The molecule has 3 aliphatic rings. The minimum absolute atomic E-state index is 0.558. The molecule has 0 nitrogen and oxygen atoms in total. The van der Waals surface area contributed by atoms with E-state index in [0.717, 1.165) is 55.3 Å². The van der Waals surface area contributed by atoms with Gasteiger partial charge in [-0.05, 0) is 143 Å². The molecule has 0 saturated heterocycles. The van der Waals surface area contributed by atoms with Crippen LogP contribution in [0.15, 0.2) is 24.3 Å². The van der Waals surface area contributed by atoms with Gasteiger partial charge in [-0.3, -0.25) is 0 Å². The van der Waals surface area contributed by atoms with Crippen LogP contribution in [0.4, 0.5) is 8.78 Å². The molecular formula is C36H56F2. The Kier molecular flexibility index (Phi) is 12.2. The smallest absolute Gasteiger partial charge is 0.162 e. The van der Waals surface area contributed by atoms with Crippen molar-refractivity contribution < 1.29 is 8.78 Å². The van der Waals surface area contributed by atoms with E-state index < -0.39 is 11.6 Å². The van der Waals surface area contributed by atoms with Crippen molar-refractivity contribution in [2.24, 2.45) is 35.5 Å². The average Bonchev–Trinajstić information content (AvgIpc) is 2.96. The molecule has 0 amide bonds. The largest absolute Gasteiger partial charge is 0.203 e. The molecule has 0 radical (unpaired) electrons. The quantitative estimate of drug-likeness (QED) is 0.188. The highest BCUT2D eigenvalue weighted by Crippen LogP contribution is 2.46. The summed E-state index contributed by atoms with van der Waals surface area (Å²) < 4.78 is 29.3. The monoisotopic (exact) mass is 526 g/mol. The number of aryl methyl sites for hydroxylation is 2. The normalized spacial score (nSPS) is 30.6. The lowest BCUT2D eigenvalue weighted by atomic mass is 9.64. The van der Waals surface area contributed by atoms with Crippen LogP contribution in [0.25, 0.3) is 0 Å². The zero-order chi connectivity index (χ0) is 26.7. The van der Waals surface area contributed by atoms with Gasteiger partial charge in [-0.2, -0.15) is 0 Å². The van der Waals surface area contributed by atoms with Crippen molar-refractivity contribution in [3.05, 3.63) is 47.0 Å². The second-order valence-corrected chi connectivity index (χ2v) is 13.4. The van der Waals surface area contributed by atoms with Gasteiger partial charge >= 0.3 is 0 Å². The van der Waals surface area contributed by atoms with Crippen LogP contribution >= 0.6 is 0 Å². The number of unbranched alkanes of at least 4 members (excludes halogenated alkanes) is 2. The predicted molar refractivity (Wildman–Crippen MR) is 158 cm³/mol. The standard InChI is InChI=1S/C36H56F2/c1-3-5-7-9-27-11-16-29(17-12-27)31-21-23-32(24-22-31)30-18-13-28(14-19-30)15-20-34-26-25-33(10-8-6-4-2)35(37)36(34)38/h3,5,25-32H,4,6-24H2,1-2H3/b5-3+. The van der Waals surface area contributed by atoms with Gasteiger partial charge < -0.3 is 0 Å². The first-order chi connectivity index (χ1) is 18.6. The second-order valence-electron chi connectivity index (χ2n) is 13.4. The van der Waals surface area contributed by atoms with E-state index in [4.69, 9.17) is 0 Å². The zero-order valence-corrected chi connectivity index (χ0v) is 24.7. The lowest BCUT2D eigenvalue weighted by Gasteiger charge is -2.41. The number of rotatable bonds is 12. The molecule has 0 N–H and O–H groups in total. The molecule has 1 aromatic rings. The molecule has 0 aliphatic heterocycles. The van der Waals surface area contributed by atoms with Gasteiger partial charge in [0.05, 0.1) is 0 Å². The Labute approximate surface area is 233 Å². The zero-order valence-electron chi connectivity index (χ0n) is 24.7. The second kappa shape index (κ2) is 15.6. The van der Waals surface area contributed by atoms with Crippen LogP contribution in [0.2, 0.25) is 0 Å². The summed E-state index contributed by atoms with van der Waals surface area (Å²) in [7, 11) is 0. The SMILES string of the molecule is C/C=C/CCC1CCC(C2CCC(C3CCC(CCc4ccc(CCCCC)c(F)c4F)CC3)CC2)CC1. The first kappa shape index (κ1) is 29.8. The number of hydrogen-bond acceptors (Lipinski definition) is 0. The highest BCUT2D eigenvalue weighted by molar-refractivity contribution is 5.26. The summed E-state index contributed by atoms with van der Waals surface area (Å²) in [5, 5.41) is 0. The van der Waals surface area contributed by atoms with E-state index in [1.54, 1.807) is 0 Å². The van der Waals surface area contributed by atoms with E-state index in [1.807, 2.05) is 12.1 Å². The van der Waals surface area contributed by atoms with Gasteiger partial charge in [0, 0.05) is 0 Å². The fourth-order valence-corrected chi connectivity index (χ4v) is 8.42. The lowest BCUT2D eigenvalue weighted by Crippen LogP contribution is -2.29. The fourth-order valence-electron chi connectivity index (χ4n) is 8.42. The Hall–Kier alpha value is -1.18. The molecule has 0 heterocycles. The molecule has 38 heavy (non-hydrogen) atoms. The summed E-state index contributed by atoms with van der Waals surface area (Å²) in [4.78, 5) is 0. The Morgan fingerprint density at radius 1 is 0.632 bits per heavy atom. The molecular weight excluding hydrogens is 470 g/mol. The maximum absolute atomic E-state index is 14.7. The van der Waals surface area contributed by atoms with E-state index in [0.29, 0.717) is 29.9 Å². The summed E-state index contributed by atoms with van der Waals surface area (Å²) in [5.41, 5.74) is 1.15. The van der Waals surface area contributed by atoms with Crippen molar-refractivity contribution >= 4 is 0 Å². The molecule has 1 aromatic carbocycles. The van der Waals surface area contributed by atoms with Gasteiger partial charge in [0.1, 0.15) is 0 Å². The van der Waals surface area contributed by atoms with Gasteiger partial charge in [0.25, 0.3) is 0 Å². The summed E-state index contributed by atoms with van der Waals surface area (Å²) in [6, 6.07) is 3.70. The lowest BCUT2D eigenvalue weighted by molar-refractivity contribution is 0.103. The molecule has 3 saturated carbocycles. The number of benzene rings is 1. The third-order valence-corrected chi connectivity index (χ3v) is 11.0. The minimum atomic E-state index is -0.588. The van der Waals surface area contributed by atoms with Crippen LogP contribution in [-0.4, -0.2) is 0 Å². The molecule has 3 fully saturated rings. The molecule has 214 valence electrons. The van der Waals surface area contributed by atoms with Crippen LogP contribution in [0.1, 0.15) is 141 Å². The van der Waals surface area contributed by atoms with Crippen LogP contribution < -0.4 is 0 Å². The molecule has 2 heteroatoms. The molecule has 0 aromatic heterocycles. The van der Waals surface area contributed by atoms with E-state index >= 15 is 0 Å². The molecule has 3 aliphatic carbocycles. The van der Waals surface area contributed by atoms with Crippen molar-refractivity contribution in [1.82, 2.24) is 0 Å². The van der Waals surface area contributed by atoms with E-state index in [2.05, 4.69) is 26.0 Å². The maximum Gasteiger partial charge on any atom is 0.162 e. The van der Waals surface area contributed by atoms with Crippen LogP contribution in [-0.2, 0) is 12.8 Å². The number of allylic oxidation sites excluding steroid dienone is 2. The molecule has 0 bridgehead atoms. The third-order valence-electron chi connectivity index (χ3n) is 11.0. The van der Waals surface area contributed by atoms with Crippen molar-refractivity contribution in [3.8, 4) is 0 Å². The van der Waals surface area contributed by atoms with Crippen LogP contribution in [0.5, 0.6) is 0 Å². The van der Waals surface area contributed by atoms with Crippen molar-refractivity contribution in [3.63, 3.8) is 0 Å². The Balaban J connectivity index is 1.13. The summed E-state index contributed by atoms with van der Waals surface area (Å²) in [6.07, 6.45) is 29.9. The highest BCUT2D eigenvalue weighted by atomic mass is 19.2. The highest BCUT2D eigenvalue weighted by Gasteiger charge is 2.34. The average molecular weight is 527 g/mol. The predicted octanol–water partition coefficient (Wildman–Crippen LogP) is 11.4. The minimum Gasteiger partial charge on any atom is -0.203 e. The maximum atomic E-state index is 14.7. The van der Waals surface area contributed by atoms with Crippen molar-refractivity contribution in [2.75, 3.05) is 0 Å². The van der Waals surface area contributed by atoms with Gasteiger partial charge in [-0.25, -0.2) is 8.78 Å². The number of hydrogen-bond donors (Lipinski definition) is 0. The summed E-state index contributed by atoms with van der Waals surface area (Å²) >= 11 is 0. The molecule has 0 atom stereocenters. The van der Waals surface area contributed by atoms with E-state index in [9.17, 15) is 8.78 Å². The fraction of sp³-hybridized carbons (Fsp3) is 0.778. The van der Waals surface area contributed by atoms with Gasteiger partial charge in [0.2, 0.25) is 0 Å². The van der Waals surface area contributed by atoms with Gasteiger partial charge in [-0.15, -0.1) is 0 Å². The Bertz CT molecular complexity index is 833. The number of halogens is 2. The summed E-state index contributed by atoms with van der Waals surface area (Å²) in [6.45, 7) is 4.28.